The van der Waals surface area contributed by atoms with Crippen LogP contribution in [0.3, 0.4) is 0 Å². The SMILES string of the molecule is NC(CC1CC1)C(=O)NCCCC1CCCC1. The van der Waals surface area contributed by atoms with Crippen molar-refractivity contribution >= 4 is 5.91 Å². The van der Waals surface area contributed by atoms with E-state index in [1.807, 2.05) is 0 Å². The highest BCUT2D eigenvalue weighted by atomic mass is 16.2. The zero-order valence-corrected chi connectivity index (χ0v) is 10.8. The predicted molar refractivity (Wildman–Crippen MR) is 69.5 cm³/mol. The molecule has 2 fully saturated rings. The molecule has 0 heterocycles. The summed E-state index contributed by atoms with van der Waals surface area (Å²) in [7, 11) is 0. The number of carbonyl (C=O) groups is 1. The molecule has 0 aromatic carbocycles. The van der Waals surface area contributed by atoms with E-state index >= 15 is 0 Å². The predicted octanol–water partition coefficient (Wildman–Crippen LogP) is 2.20. The normalized spacial score (nSPS) is 22.6. The summed E-state index contributed by atoms with van der Waals surface area (Å²) in [5.74, 6) is 1.71. The van der Waals surface area contributed by atoms with Crippen LogP contribution in [0.1, 0.15) is 57.8 Å². The molecule has 2 saturated carbocycles. The monoisotopic (exact) mass is 238 g/mol. The Hall–Kier alpha value is -0.570. The first-order valence-corrected chi connectivity index (χ1v) is 7.29. The van der Waals surface area contributed by atoms with Gasteiger partial charge in [-0.15, -0.1) is 0 Å². The molecule has 0 radical (unpaired) electrons. The minimum Gasteiger partial charge on any atom is -0.355 e. The highest BCUT2D eigenvalue weighted by molar-refractivity contribution is 5.81. The largest absolute Gasteiger partial charge is 0.355 e. The fourth-order valence-electron chi connectivity index (χ4n) is 2.85. The molecule has 17 heavy (non-hydrogen) atoms. The first-order chi connectivity index (χ1) is 8.25. The van der Waals surface area contributed by atoms with E-state index in [-0.39, 0.29) is 11.9 Å². The van der Waals surface area contributed by atoms with E-state index in [9.17, 15) is 4.79 Å². The van der Waals surface area contributed by atoms with Crippen LogP contribution >= 0.6 is 0 Å². The molecule has 0 aliphatic heterocycles. The molecule has 2 aliphatic carbocycles. The lowest BCUT2D eigenvalue weighted by atomic mass is 10.0. The van der Waals surface area contributed by atoms with Gasteiger partial charge in [0.15, 0.2) is 0 Å². The van der Waals surface area contributed by atoms with Crippen LogP contribution in [0.5, 0.6) is 0 Å². The van der Waals surface area contributed by atoms with Crippen molar-refractivity contribution in [3.05, 3.63) is 0 Å². The fraction of sp³-hybridized carbons (Fsp3) is 0.929. The Morgan fingerprint density at radius 1 is 1.18 bits per heavy atom. The maximum atomic E-state index is 11.7. The molecule has 98 valence electrons. The molecule has 3 heteroatoms. The Morgan fingerprint density at radius 3 is 2.53 bits per heavy atom. The van der Waals surface area contributed by atoms with E-state index in [1.165, 1.54) is 44.9 Å². The van der Waals surface area contributed by atoms with Crippen molar-refractivity contribution < 1.29 is 4.79 Å². The van der Waals surface area contributed by atoms with Crippen LogP contribution in [0.25, 0.3) is 0 Å². The second-order valence-corrected chi connectivity index (χ2v) is 5.87. The molecule has 0 spiro atoms. The average molecular weight is 238 g/mol. The van der Waals surface area contributed by atoms with Crippen LogP contribution in [0.4, 0.5) is 0 Å². The van der Waals surface area contributed by atoms with Gasteiger partial charge in [0.25, 0.3) is 0 Å². The molecular weight excluding hydrogens is 212 g/mol. The van der Waals surface area contributed by atoms with Crippen molar-refractivity contribution in [1.29, 1.82) is 0 Å². The highest BCUT2D eigenvalue weighted by Gasteiger charge is 2.26. The van der Waals surface area contributed by atoms with Crippen molar-refractivity contribution in [2.24, 2.45) is 17.6 Å². The third-order valence-corrected chi connectivity index (χ3v) is 4.18. The molecule has 0 aromatic rings. The number of hydrogen-bond acceptors (Lipinski definition) is 2. The van der Waals surface area contributed by atoms with Gasteiger partial charge >= 0.3 is 0 Å². The van der Waals surface area contributed by atoms with Gasteiger partial charge in [-0.05, 0) is 31.1 Å². The summed E-state index contributed by atoms with van der Waals surface area (Å²) in [4.78, 5) is 11.7. The number of hydrogen-bond donors (Lipinski definition) is 2. The zero-order valence-electron chi connectivity index (χ0n) is 10.8. The van der Waals surface area contributed by atoms with Crippen LogP contribution in [0.2, 0.25) is 0 Å². The second-order valence-electron chi connectivity index (χ2n) is 5.87. The van der Waals surface area contributed by atoms with Crippen molar-refractivity contribution in [3.8, 4) is 0 Å². The van der Waals surface area contributed by atoms with Crippen molar-refractivity contribution in [3.63, 3.8) is 0 Å². The van der Waals surface area contributed by atoms with Gasteiger partial charge in [-0.2, -0.15) is 0 Å². The standard InChI is InChI=1S/C14H26N2O/c15-13(10-12-7-8-12)14(17)16-9-3-6-11-4-1-2-5-11/h11-13H,1-10,15H2,(H,16,17). The molecule has 1 amide bonds. The number of carbonyl (C=O) groups excluding carboxylic acids is 1. The minimum atomic E-state index is -0.269. The van der Waals surface area contributed by atoms with E-state index in [0.29, 0.717) is 0 Å². The quantitative estimate of drug-likeness (QED) is 0.668. The van der Waals surface area contributed by atoms with E-state index in [1.54, 1.807) is 0 Å². The fourth-order valence-corrected chi connectivity index (χ4v) is 2.85. The summed E-state index contributed by atoms with van der Waals surface area (Å²) in [5, 5.41) is 2.98. The minimum absolute atomic E-state index is 0.0586. The zero-order chi connectivity index (χ0) is 12.1. The van der Waals surface area contributed by atoms with Gasteiger partial charge in [0.05, 0.1) is 6.04 Å². The van der Waals surface area contributed by atoms with Crippen LogP contribution in [-0.2, 0) is 4.79 Å². The number of amides is 1. The second kappa shape index (κ2) is 6.39. The first-order valence-electron chi connectivity index (χ1n) is 7.29. The Morgan fingerprint density at radius 2 is 1.88 bits per heavy atom. The summed E-state index contributed by atoms with van der Waals surface area (Å²) >= 11 is 0. The summed E-state index contributed by atoms with van der Waals surface area (Å²) in [6, 6.07) is -0.269. The molecule has 2 rings (SSSR count). The highest BCUT2D eigenvalue weighted by Crippen LogP contribution is 2.33. The lowest BCUT2D eigenvalue weighted by molar-refractivity contribution is -0.122. The third-order valence-electron chi connectivity index (χ3n) is 4.18. The van der Waals surface area contributed by atoms with Gasteiger partial charge in [-0.3, -0.25) is 4.79 Å². The molecule has 0 bridgehead atoms. The molecular formula is C14H26N2O. The van der Waals surface area contributed by atoms with E-state index in [2.05, 4.69) is 5.32 Å². The Labute approximate surface area is 105 Å². The lowest BCUT2D eigenvalue weighted by Gasteiger charge is -2.13. The molecule has 1 unspecified atom stereocenters. The third kappa shape index (κ3) is 4.66. The maximum absolute atomic E-state index is 11.7. The van der Waals surface area contributed by atoms with E-state index in [4.69, 9.17) is 5.73 Å². The van der Waals surface area contributed by atoms with Gasteiger partial charge in [0.1, 0.15) is 0 Å². The van der Waals surface area contributed by atoms with Gasteiger partial charge in [-0.1, -0.05) is 38.5 Å². The first kappa shape index (κ1) is 12.9. The maximum Gasteiger partial charge on any atom is 0.236 e. The van der Waals surface area contributed by atoms with Crippen LogP contribution in [0, 0.1) is 11.8 Å². The smallest absolute Gasteiger partial charge is 0.236 e. The molecule has 0 saturated heterocycles. The van der Waals surface area contributed by atoms with Gasteiger partial charge in [-0.25, -0.2) is 0 Å². The van der Waals surface area contributed by atoms with Gasteiger partial charge in [0, 0.05) is 6.54 Å². The Kier molecular flexibility index (Phi) is 4.84. The topological polar surface area (TPSA) is 55.1 Å². The van der Waals surface area contributed by atoms with Gasteiger partial charge < -0.3 is 11.1 Å². The summed E-state index contributed by atoms with van der Waals surface area (Å²) in [6.07, 6.45) is 11.4. The molecule has 3 nitrogen and oxygen atoms in total. The summed E-state index contributed by atoms with van der Waals surface area (Å²) < 4.78 is 0. The lowest BCUT2D eigenvalue weighted by Crippen LogP contribution is -2.41. The van der Waals surface area contributed by atoms with E-state index in [0.717, 1.165) is 31.2 Å². The van der Waals surface area contributed by atoms with Gasteiger partial charge in [0.2, 0.25) is 5.91 Å². The summed E-state index contributed by atoms with van der Waals surface area (Å²) in [6.45, 7) is 0.813. The number of nitrogens with one attached hydrogen (secondary N) is 1. The van der Waals surface area contributed by atoms with Crippen LogP contribution in [-0.4, -0.2) is 18.5 Å². The molecule has 3 N–H and O–H groups in total. The average Bonchev–Trinajstić information content (AvgIpc) is 2.97. The molecule has 1 atom stereocenters. The van der Waals surface area contributed by atoms with Crippen LogP contribution in [0.15, 0.2) is 0 Å². The number of nitrogens with two attached hydrogens (primary N) is 1. The molecule has 2 aliphatic rings. The van der Waals surface area contributed by atoms with Crippen LogP contribution < -0.4 is 11.1 Å². The summed E-state index contributed by atoms with van der Waals surface area (Å²) in [5.41, 5.74) is 5.85. The Bertz CT molecular complexity index is 245. The Balaban J connectivity index is 1.49. The van der Waals surface area contributed by atoms with Crippen molar-refractivity contribution in [2.75, 3.05) is 6.54 Å². The number of rotatable bonds is 7. The van der Waals surface area contributed by atoms with Crippen molar-refractivity contribution in [1.82, 2.24) is 5.32 Å². The molecule has 0 aromatic heterocycles. The van der Waals surface area contributed by atoms with E-state index < -0.39 is 0 Å². The van der Waals surface area contributed by atoms with Crippen molar-refractivity contribution in [2.45, 2.75) is 63.8 Å².